The van der Waals surface area contributed by atoms with Crippen LogP contribution in [0.15, 0.2) is 0 Å². The normalized spacial score (nSPS) is 26.1. The largest absolute Gasteiger partial charge is 0.381 e. The van der Waals surface area contributed by atoms with E-state index in [0.717, 1.165) is 25.7 Å². The van der Waals surface area contributed by atoms with Gasteiger partial charge in [0.15, 0.2) is 0 Å². The zero-order valence-corrected chi connectivity index (χ0v) is 10.6. The van der Waals surface area contributed by atoms with Gasteiger partial charge in [0.25, 0.3) is 0 Å². The van der Waals surface area contributed by atoms with E-state index >= 15 is 0 Å². The number of nitrogens with one attached hydrogen (secondary N) is 1. The molecule has 1 unspecified atom stereocenters. The quantitative estimate of drug-likeness (QED) is 0.768. The number of rotatable bonds is 5. The van der Waals surface area contributed by atoms with E-state index in [4.69, 9.17) is 4.74 Å². The summed E-state index contributed by atoms with van der Waals surface area (Å²) in [5.41, 5.74) is 0. The van der Waals surface area contributed by atoms with Crippen LogP contribution in [0.25, 0.3) is 0 Å². The Bertz CT molecular complexity index is 186. The number of hydrogen-bond donors (Lipinski definition) is 1. The summed E-state index contributed by atoms with van der Waals surface area (Å²) in [6.07, 6.45) is 5.26. The number of ether oxygens (including phenoxy) is 1. The van der Waals surface area contributed by atoms with Gasteiger partial charge in [-0.05, 0) is 51.6 Å². The third-order valence-corrected chi connectivity index (χ3v) is 4.07. The molecule has 0 saturated carbocycles. The summed E-state index contributed by atoms with van der Waals surface area (Å²) in [5.74, 6) is 0.826. The molecule has 2 aliphatic rings. The van der Waals surface area contributed by atoms with Crippen LogP contribution >= 0.6 is 0 Å². The van der Waals surface area contributed by atoms with E-state index in [9.17, 15) is 0 Å². The molecule has 0 amide bonds. The van der Waals surface area contributed by atoms with E-state index in [2.05, 4.69) is 17.1 Å². The molecule has 3 heteroatoms. The van der Waals surface area contributed by atoms with Crippen LogP contribution in [0.5, 0.6) is 0 Å². The van der Waals surface area contributed by atoms with Crippen LogP contribution in [0.3, 0.4) is 0 Å². The van der Waals surface area contributed by atoms with Crippen LogP contribution in [0.4, 0.5) is 0 Å². The van der Waals surface area contributed by atoms with E-state index in [1.54, 1.807) is 0 Å². The first kappa shape index (κ1) is 12.3. The standard InChI is InChI=1S/C13H26N2O/c1-12(13-4-10-16-11-5-13)14-6-9-15-7-2-3-8-15/h12-14H,2-11H2,1H3. The molecule has 16 heavy (non-hydrogen) atoms. The Morgan fingerprint density at radius 2 is 1.94 bits per heavy atom. The second kappa shape index (κ2) is 6.58. The Morgan fingerprint density at radius 3 is 2.62 bits per heavy atom. The molecule has 2 rings (SSSR count). The number of hydrogen-bond acceptors (Lipinski definition) is 3. The van der Waals surface area contributed by atoms with E-state index < -0.39 is 0 Å². The number of nitrogens with zero attached hydrogens (tertiary/aromatic N) is 1. The van der Waals surface area contributed by atoms with Gasteiger partial charge < -0.3 is 15.0 Å². The molecule has 0 aromatic carbocycles. The molecular weight excluding hydrogens is 200 g/mol. The Labute approximate surface area is 99.5 Å². The van der Waals surface area contributed by atoms with Crippen LogP contribution in [-0.2, 0) is 4.74 Å². The van der Waals surface area contributed by atoms with E-state index in [1.165, 1.54) is 45.3 Å². The molecule has 94 valence electrons. The van der Waals surface area contributed by atoms with Crippen molar-refractivity contribution in [3.05, 3.63) is 0 Å². The van der Waals surface area contributed by atoms with Gasteiger partial charge in [0.1, 0.15) is 0 Å². The van der Waals surface area contributed by atoms with Crippen molar-refractivity contribution in [2.45, 2.75) is 38.6 Å². The van der Waals surface area contributed by atoms with E-state index in [-0.39, 0.29) is 0 Å². The highest BCUT2D eigenvalue weighted by molar-refractivity contribution is 4.76. The molecule has 1 atom stereocenters. The minimum Gasteiger partial charge on any atom is -0.381 e. The van der Waals surface area contributed by atoms with Crippen molar-refractivity contribution in [2.24, 2.45) is 5.92 Å². The lowest BCUT2D eigenvalue weighted by molar-refractivity contribution is 0.0557. The van der Waals surface area contributed by atoms with Gasteiger partial charge in [-0.2, -0.15) is 0 Å². The fourth-order valence-electron chi connectivity index (χ4n) is 2.84. The van der Waals surface area contributed by atoms with Crippen LogP contribution in [0.2, 0.25) is 0 Å². The summed E-state index contributed by atoms with van der Waals surface area (Å²) in [6, 6.07) is 0.659. The Morgan fingerprint density at radius 1 is 1.25 bits per heavy atom. The summed E-state index contributed by atoms with van der Waals surface area (Å²) in [7, 11) is 0. The first-order valence-electron chi connectivity index (χ1n) is 6.90. The fraction of sp³-hybridized carbons (Fsp3) is 1.00. The van der Waals surface area contributed by atoms with Gasteiger partial charge in [0.2, 0.25) is 0 Å². The Balaban J connectivity index is 1.57. The van der Waals surface area contributed by atoms with Gasteiger partial charge in [0, 0.05) is 32.3 Å². The molecule has 0 radical (unpaired) electrons. The van der Waals surface area contributed by atoms with Crippen molar-refractivity contribution in [1.82, 2.24) is 10.2 Å². The molecular formula is C13H26N2O. The molecule has 2 aliphatic heterocycles. The molecule has 3 nitrogen and oxygen atoms in total. The van der Waals surface area contributed by atoms with Gasteiger partial charge in [-0.1, -0.05) is 0 Å². The monoisotopic (exact) mass is 226 g/mol. The second-order valence-electron chi connectivity index (χ2n) is 5.24. The first-order chi connectivity index (χ1) is 7.86. The topological polar surface area (TPSA) is 24.5 Å². The molecule has 2 heterocycles. The molecule has 0 aliphatic carbocycles. The van der Waals surface area contributed by atoms with Crippen molar-refractivity contribution in [1.29, 1.82) is 0 Å². The fourth-order valence-corrected chi connectivity index (χ4v) is 2.84. The Hall–Kier alpha value is -0.120. The maximum absolute atomic E-state index is 5.40. The minimum atomic E-state index is 0.659. The van der Waals surface area contributed by atoms with Crippen molar-refractivity contribution in [3.8, 4) is 0 Å². The van der Waals surface area contributed by atoms with Gasteiger partial charge in [-0.15, -0.1) is 0 Å². The molecule has 2 saturated heterocycles. The van der Waals surface area contributed by atoms with Crippen molar-refractivity contribution < 1.29 is 4.74 Å². The van der Waals surface area contributed by atoms with Gasteiger partial charge in [-0.3, -0.25) is 0 Å². The van der Waals surface area contributed by atoms with E-state index in [0.29, 0.717) is 6.04 Å². The van der Waals surface area contributed by atoms with E-state index in [1.807, 2.05) is 0 Å². The van der Waals surface area contributed by atoms with Crippen LogP contribution < -0.4 is 5.32 Å². The lowest BCUT2D eigenvalue weighted by atomic mass is 9.93. The lowest BCUT2D eigenvalue weighted by Crippen LogP contribution is -2.40. The third kappa shape index (κ3) is 3.72. The summed E-state index contributed by atoms with van der Waals surface area (Å²) < 4.78 is 5.40. The molecule has 1 N–H and O–H groups in total. The number of likely N-dealkylation sites (tertiary alicyclic amines) is 1. The van der Waals surface area contributed by atoms with Crippen LogP contribution in [-0.4, -0.2) is 50.3 Å². The molecule has 0 spiro atoms. The maximum atomic E-state index is 5.40. The van der Waals surface area contributed by atoms with Gasteiger partial charge in [-0.25, -0.2) is 0 Å². The predicted molar refractivity (Wildman–Crippen MR) is 66.7 cm³/mol. The molecule has 2 fully saturated rings. The average Bonchev–Trinajstić information content (AvgIpc) is 2.83. The first-order valence-corrected chi connectivity index (χ1v) is 6.90. The summed E-state index contributed by atoms with van der Waals surface area (Å²) in [5, 5.41) is 3.68. The highest BCUT2D eigenvalue weighted by atomic mass is 16.5. The summed E-state index contributed by atoms with van der Waals surface area (Å²) in [4.78, 5) is 2.57. The smallest absolute Gasteiger partial charge is 0.0469 e. The van der Waals surface area contributed by atoms with Crippen molar-refractivity contribution in [2.75, 3.05) is 39.4 Å². The molecule has 0 aromatic heterocycles. The minimum absolute atomic E-state index is 0.659. The third-order valence-electron chi connectivity index (χ3n) is 4.07. The summed E-state index contributed by atoms with van der Waals surface area (Å²) >= 11 is 0. The highest BCUT2D eigenvalue weighted by Crippen LogP contribution is 2.18. The SMILES string of the molecule is CC(NCCN1CCCC1)C1CCOCC1. The zero-order valence-electron chi connectivity index (χ0n) is 10.6. The predicted octanol–water partition coefficient (Wildman–Crippen LogP) is 1.49. The van der Waals surface area contributed by atoms with Crippen LogP contribution in [0, 0.1) is 5.92 Å². The Kier molecular flexibility index (Phi) is 5.07. The van der Waals surface area contributed by atoms with Gasteiger partial charge in [0.05, 0.1) is 0 Å². The lowest BCUT2D eigenvalue weighted by Gasteiger charge is -2.29. The second-order valence-corrected chi connectivity index (χ2v) is 5.24. The van der Waals surface area contributed by atoms with Gasteiger partial charge >= 0.3 is 0 Å². The van der Waals surface area contributed by atoms with Crippen LogP contribution in [0.1, 0.15) is 32.6 Å². The maximum Gasteiger partial charge on any atom is 0.0469 e. The van der Waals surface area contributed by atoms with Crippen molar-refractivity contribution >= 4 is 0 Å². The molecule has 0 aromatic rings. The molecule has 0 bridgehead atoms. The highest BCUT2D eigenvalue weighted by Gasteiger charge is 2.20. The zero-order chi connectivity index (χ0) is 11.2. The summed E-state index contributed by atoms with van der Waals surface area (Å²) in [6.45, 7) is 9.26. The average molecular weight is 226 g/mol. The van der Waals surface area contributed by atoms with Crippen molar-refractivity contribution in [3.63, 3.8) is 0 Å².